The van der Waals surface area contributed by atoms with Gasteiger partial charge in [0.15, 0.2) is 17.3 Å². The van der Waals surface area contributed by atoms with E-state index < -0.39 is 11.6 Å². The van der Waals surface area contributed by atoms with Gasteiger partial charge in [0.1, 0.15) is 5.82 Å². The first-order chi connectivity index (χ1) is 9.99. The highest BCUT2D eigenvalue weighted by molar-refractivity contribution is 6.37. The van der Waals surface area contributed by atoms with Gasteiger partial charge < -0.3 is 15.2 Å². The van der Waals surface area contributed by atoms with Gasteiger partial charge in [-0.1, -0.05) is 17.7 Å². The topological polar surface area (TPSA) is 61.5 Å². The van der Waals surface area contributed by atoms with Crippen molar-refractivity contribution in [3.8, 4) is 11.5 Å². The average molecular weight is 310 g/mol. The molecule has 2 rings (SSSR count). The fourth-order valence-corrected chi connectivity index (χ4v) is 2.11. The number of carbonyl (C=O) groups is 1. The first-order valence-corrected chi connectivity index (χ1v) is 6.37. The first-order valence-electron chi connectivity index (χ1n) is 5.99. The quantitative estimate of drug-likeness (QED) is 0.695. The molecule has 0 aromatic heterocycles. The van der Waals surface area contributed by atoms with Gasteiger partial charge in [-0.3, -0.25) is 4.79 Å². The number of carbonyl (C=O) groups excluding carboxylic acids is 1. The molecule has 0 amide bonds. The van der Waals surface area contributed by atoms with Gasteiger partial charge in [-0.15, -0.1) is 0 Å². The second-order valence-electron chi connectivity index (χ2n) is 4.22. The van der Waals surface area contributed by atoms with Crippen LogP contribution in [0.3, 0.4) is 0 Å². The van der Waals surface area contributed by atoms with E-state index in [1.54, 1.807) is 12.1 Å². The van der Waals surface area contributed by atoms with Crippen molar-refractivity contribution < 1.29 is 18.7 Å². The minimum Gasteiger partial charge on any atom is -0.493 e. The van der Waals surface area contributed by atoms with E-state index in [2.05, 4.69) is 0 Å². The lowest BCUT2D eigenvalue weighted by Crippen LogP contribution is -2.07. The van der Waals surface area contributed by atoms with Gasteiger partial charge in [0.25, 0.3) is 0 Å². The van der Waals surface area contributed by atoms with E-state index >= 15 is 0 Å². The normalized spacial score (nSPS) is 10.3. The van der Waals surface area contributed by atoms with Crippen LogP contribution >= 0.6 is 11.6 Å². The van der Waals surface area contributed by atoms with Gasteiger partial charge in [-0.05, 0) is 18.2 Å². The minimum atomic E-state index is -0.726. The Morgan fingerprint density at radius 2 is 1.76 bits per heavy atom. The van der Waals surface area contributed by atoms with Crippen LogP contribution < -0.4 is 15.2 Å². The van der Waals surface area contributed by atoms with E-state index in [4.69, 9.17) is 26.8 Å². The number of methoxy groups -OCH3 is 2. The van der Waals surface area contributed by atoms with E-state index in [1.165, 1.54) is 26.4 Å². The monoisotopic (exact) mass is 309 g/mol. The summed E-state index contributed by atoms with van der Waals surface area (Å²) in [5, 5.41) is 0.0942. The molecule has 0 saturated heterocycles. The number of nitrogen functional groups attached to an aromatic ring is 1. The molecule has 6 heteroatoms. The van der Waals surface area contributed by atoms with Crippen LogP contribution in [-0.4, -0.2) is 20.0 Å². The standard InChI is InChI=1S/C15H13ClFNO3/c1-20-12-6-9(10(17)7-13(12)21-2)15(19)8-4-3-5-11(18)14(8)16/h3-7H,18H2,1-2H3. The Balaban J connectivity index is 2.56. The van der Waals surface area contributed by atoms with E-state index in [0.29, 0.717) is 0 Å². The Bertz CT molecular complexity index is 704. The average Bonchev–Trinajstić information content (AvgIpc) is 2.49. The molecule has 0 aliphatic rings. The van der Waals surface area contributed by atoms with Gasteiger partial charge in [-0.25, -0.2) is 4.39 Å². The lowest BCUT2D eigenvalue weighted by atomic mass is 10.0. The SMILES string of the molecule is COc1cc(F)c(C(=O)c2cccc(N)c2Cl)cc1OC. The van der Waals surface area contributed by atoms with Crippen LogP contribution in [0.25, 0.3) is 0 Å². The molecule has 0 fully saturated rings. The number of nitrogens with two attached hydrogens (primary N) is 1. The van der Waals surface area contributed by atoms with Crippen molar-refractivity contribution in [1.82, 2.24) is 0 Å². The molecule has 110 valence electrons. The predicted molar refractivity (Wildman–Crippen MR) is 78.8 cm³/mol. The van der Waals surface area contributed by atoms with Crippen LogP contribution in [-0.2, 0) is 0 Å². The molecule has 0 bridgehead atoms. The maximum atomic E-state index is 14.1. The van der Waals surface area contributed by atoms with Gasteiger partial charge >= 0.3 is 0 Å². The van der Waals surface area contributed by atoms with Gasteiger partial charge in [-0.2, -0.15) is 0 Å². The lowest BCUT2D eigenvalue weighted by molar-refractivity contribution is 0.103. The van der Waals surface area contributed by atoms with Crippen molar-refractivity contribution >= 4 is 23.1 Å². The highest BCUT2D eigenvalue weighted by Crippen LogP contribution is 2.32. The molecule has 0 aliphatic heterocycles. The smallest absolute Gasteiger partial charge is 0.197 e. The summed E-state index contributed by atoms with van der Waals surface area (Å²) in [5.74, 6) is -0.852. The largest absolute Gasteiger partial charge is 0.493 e. The third-order valence-corrected chi connectivity index (χ3v) is 3.41. The summed E-state index contributed by atoms with van der Waals surface area (Å²) in [5.41, 5.74) is 5.87. The van der Waals surface area contributed by atoms with Crippen molar-refractivity contribution in [2.45, 2.75) is 0 Å². The number of ether oxygens (including phenoxy) is 2. The van der Waals surface area contributed by atoms with Crippen molar-refractivity contribution in [1.29, 1.82) is 0 Å². The van der Waals surface area contributed by atoms with Crippen LogP contribution in [0.1, 0.15) is 15.9 Å². The summed E-state index contributed by atoms with van der Waals surface area (Å²) >= 11 is 6.00. The number of benzene rings is 2. The molecule has 4 nitrogen and oxygen atoms in total. The van der Waals surface area contributed by atoms with Gasteiger partial charge in [0.2, 0.25) is 0 Å². The zero-order valence-electron chi connectivity index (χ0n) is 11.4. The van der Waals surface area contributed by atoms with Crippen LogP contribution in [0.2, 0.25) is 5.02 Å². The Morgan fingerprint density at radius 1 is 1.14 bits per heavy atom. The number of hydrogen-bond donors (Lipinski definition) is 1. The fourth-order valence-electron chi connectivity index (χ4n) is 1.90. The minimum absolute atomic E-state index is 0.0942. The van der Waals surface area contributed by atoms with Crippen molar-refractivity contribution in [2.75, 3.05) is 20.0 Å². The van der Waals surface area contributed by atoms with Crippen molar-refractivity contribution in [3.05, 3.63) is 52.3 Å². The summed E-state index contributed by atoms with van der Waals surface area (Å²) in [6.07, 6.45) is 0. The molecule has 0 spiro atoms. The number of hydrogen-bond acceptors (Lipinski definition) is 4. The summed E-state index contributed by atoms with van der Waals surface area (Å²) < 4.78 is 24.1. The van der Waals surface area contributed by atoms with E-state index in [1.807, 2.05) is 0 Å². The molecule has 2 N–H and O–H groups in total. The third-order valence-electron chi connectivity index (χ3n) is 2.99. The molecule has 0 atom stereocenters. The second-order valence-corrected chi connectivity index (χ2v) is 4.60. The van der Waals surface area contributed by atoms with Crippen molar-refractivity contribution in [3.63, 3.8) is 0 Å². The van der Waals surface area contributed by atoms with Crippen LogP contribution in [0.5, 0.6) is 11.5 Å². The predicted octanol–water partition coefficient (Wildman–Crippen LogP) is 3.31. The number of anilines is 1. The zero-order valence-corrected chi connectivity index (χ0v) is 12.2. The van der Waals surface area contributed by atoms with Crippen molar-refractivity contribution in [2.24, 2.45) is 0 Å². The Morgan fingerprint density at radius 3 is 2.38 bits per heavy atom. The molecule has 0 radical (unpaired) electrons. The highest BCUT2D eigenvalue weighted by Gasteiger charge is 2.21. The Hall–Kier alpha value is -2.27. The van der Waals surface area contributed by atoms with E-state index in [9.17, 15) is 9.18 Å². The summed E-state index contributed by atoms with van der Waals surface area (Å²) in [6, 6.07) is 6.98. The van der Waals surface area contributed by atoms with E-state index in [0.717, 1.165) is 6.07 Å². The molecule has 0 heterocycles. The number of halogens is 2. The molecule has 21 heavy (non-hydrogen) atoms. The summed E-state index contributed by atoms with van der Waals surface area (Å²) in [4.78, 5) is 12.4. The molecule has 0 saturated carbocycles. The molecular weight excluding hydrogens is 297 g/mol. The summed E-state index contributed by atoms with van der Waals surface area (Å²) in [6.45, 7) is 0. The molecule has 0 unspecified atom stereocenters. The molecule has 2 aromatic carbocycles. The van der Waals surface area contributed by atoms with E-state index in [-0.39, 0.29) is 33.3 Å². The van der Waals surface area contributed by atoms with Gasteiger partial charge in [0.05, 0.1) is 30.5 Å². The Kier molecular flexibility index (Phi) is 4.33. The molecule has 2 aromatic rings. The maximum absolute atomic E-state index is 14.1. The van der Waals surface area contributed by atoms with Gasteiger partial charge in [0, 0.05) is 11.6 Å². The lowest BCUT2D eigenvalue weighted by Gasteiger charge is -2.11. The van der Waals surface area contributed by atoms with Crippen LogP contribution in [0, 0.1) is 5.82 Å². The summed E-state index contributed by atoms with van der Waals surface area (Å²) in [7, 11) is 2.78. The van der Waals surface area contributed by atoms with Crippen LogP contribution in [0.15, 0.2) is 30.3 Å². The number of ketones is 1. The second kappa shape index (κ2) is 6.01. The molecular formula is C15H13ClFNO3. The number of rotatable bonds is 4. The Labute approximate surface area is 126 Å². The third kappa shape index (κ3) is 2.78. The van der Waals surface area contributed by atoms with Crippen LogP contribution in [0.4, 0.5) is 10.1 Å². The molecule has 0 aliphatic carbocycles. The highest BCUT2D eigenvalue weighted by atomic mass is 35.5. The zero-order chi connectivity index (χ0) is 15.6. The fraction of sp³-hybridized carbons (Fsp3) is 0.133. The maximum Gasteiger partial charge on any atom is 0.197 e. The first kappa shape index (κ1) is 15.1.